The van der Waals surface area contributed by atoms with Crippen molar-refractivity contribution in [2.75, 3.05) is 32.6 Å². The molecule has 1 aliphatic rings. The SMILES string of the molecule is COc1ccc(NC(=O)C2CCCN(Cc3c(F)cccc3Cl)C2)c(OC)c1. The van der Waals surface area contributed by atoms with Gasteiger partial charge in [0.2, 0.25) is 5.91 Å². The number of nitrogens with zero attached hydrogens (tertiary/aromatic N) is 1. The first-order chi connectivity index (χ1) is 13.5. The van der Waals surface area contributed by atoms with Crippen molar-refractivity contribution in [1.29, 1.82) is 0 Å². The zero-order valence-corrected chi connectivity index (χ0v) is 16.8. The van der Waals surface area contributed by atoms with E-state index in [0.29, 0.717) is 40.9 Å². The monoisotopic (exact) mass is 406 g/mol. The van der Waals surface area contributed by atoms with Crippen molar-refractivity contribution < 1.29 is 18.7 Å². The van der Waals surface area contributed by atoms with Gasteiger partial charge in [-0.05, 0) is 43.7 Å². The average Bonchev–Trinajstić information content (AvgIpc) is 2.71. The number of ether oxygens (including phenoxy) is 2. The number of piperidine rings is 1. The summed E-state index contributed by atoms with van der Waals surface area (Å²) in [7, 11) is 3.12. The van der Waals surface area contributed by atoms with Crippen LogP contribution < -0.4 is 14.8 Å². The van der Waals surface area contributed by atoms with E-state index >= 15 is 0 Å². The van der Waals surface area contributed by atoms with Crippen molar-refractivity contribution in [3.8, 4) is 11.5 Å². The van der Waals surface area contributed by atoms with Crippen LogP contribution in [0.5, 0.6) is 11.5 Å². The van der Waals surface area contributed by atoms with Crippen LogP contribution in [-0.4, -0.2) is 38.1 Å². The predicted molar refractivity (Wildman–Crippen MR) is 108 cm³/mol. The minimum absolute atomic E-state index is 0.0761. The molecule has 0 aromatic heterocycles. The Kier molecular flexibility index (Phi) is 6.75. The summed E-state index contributed by atoms with van der Waals surface area (Å²) in [6.07, 6.45) is 1.65. The molecule has 0 aliphatic carbocycles. The number of hydrogen-bond donors (Lipinski definition) is 1. The van der Waals surface area contributed by atoms with E-state index in [1.807, 2.05) is 0 Å². The molecule has 28 heavy (non-hydrogen) atoms. The number of nitrogens with one attached hydrogen (secondary N) is 1. The fraction of sp³-hybridized carbons (Fsp3) is 0.381. The Morgan fingerprint density at radius 2 is 2.11 bits per heavy atom. The standard InChI is InChI=1S/C21H24ClFN2O3/c1-27-15-8-9-19(20(11-15)28-2)24-21(26)14-5-4-10-25(12-14)13-16-17(22)6-3-7-18(16)23/h3,6-9,11,14H,4-5,10,12-13H2,1-2H3,(H,24,26). The molecule has 1 N–H and O–H groups in total. The maximum Gasteiger partial charge on any atom is 0.228 e. The van der Waals surface area contributed by atoms with Crippen molar-refractivity contribution in [2.24, 2.45) is 5.92 Å². The smallest absolute Gasteiger partial charge is 0.228 e. The van der Waals surface area contributed by atoms with Gasteiger partial charge in [0.1, 0.15) is 17.3 Å². The Bertz CT molecular complexity index is 826. The topological polar surface area (TPSA) is 50.8 Å². The number of anilines is 1. The Balaban J connectivity index is 1.66. The number of halogens is 2. The van der Waals surface area contributed by atoms with Crippen molar-refractivity contribution in [1.82, 2.24) is 4.90 Å². The molecular formula is C21H24ClFN2O3. The summed E-state index contributed by atoms with van der Waals surface area (Å²) in [5, 5.41) is 3.35. The summed E-state index contributed by atoms with van der Waals surface area (Å²) in [4.78, 5) is 14.9. The van der Waals surface area contributed by atoms with Gasteiger partial charge in [0.25, 0.3) is 0 Å². The van der Waals surface area contributed by atoms with Crippen molar-refractivity contribution in [3.05, 3.63) is 52.8 Å². The third-order valence-corrected chi connectivity index (χ3v) is 5.34. The van der Waals surface area contributed by atoms with Gasteiger partial charge >= 0.3 is 0 Å². The van der Waals surface area contributed by atoms with Gasteiger partial charge in [0, 0.05) is 29.7 Å². The van der Waals surface area contributed by atoms with Crippen molar-refractivity contribution in [3.63, 3.8) is 0 Å². The van der Waals surface area contributed by atoms with Gasteiger partial charge in [0.15, 0.2) is 0 Å². The highest BCUT2D eigenvalue weighted by Crippen LogP contribution is 2.30. The van der Waals surface area contributed by atoms with E-state index in [1.165, 1.54) is 6.07 Å². The lowest BCUT2D eigenvalue weighted by molar-refractivity contribution is -0.121. The molecule has 0 bridgehead atoms. The molecule has 1 aliphatic heterocycles. The van der Waals surface area contributed by atoms with Crippen LogP contribution in [0.4, 0.5) is 10.1 Å². The normalized spacial score (nSPS) is 17.2. The van der Waals surface area contributed by atoms with Crippen LogP contribution in [0.25, 0.3) is 0 Å². The average molecular weight is 407 g/mol. The second-order valence-corrected chi connectivity index (χ2v) is 7.24. The second kappa shape index (κ2) is 9.26. The fourth-order valence-electron chi connectivity index (χ4n) is 3.46. The molecule has 2 aromatic carbocycles. The lowest BCUT2D eigenvalue weighted by Gasteiger charge is -2.32. The van der Waals surface area contributed by atoms with Gasteiger partial charge in [0.05, 0.1) is 25.8 Å². The lowest BCUT2D eigenvalue weighted by atomic mass is 9.96. The number of hydrogen-bond acceptors (Lipinski definition) is 4. The van der Waals surface area contributed by atoms with Crippen LogP contribution in [0.15, 0.2) is 36.4 Å². The van der Waals surface area contributed by atoms with Gasteiger partial charge in [-0.2, -0.15) is 0 Å². The molecule has 1 atom stereocenters. The first-order valence-corrected chi connectivity index (χ1v) is 9.57. The maximum absolute atomic E-state index is 14.1. The van der Waals surface area contributed by atoms with Gasteiger partial charge in [-0.25, -0.2) is 4.39 Å². The molecular weight excluding hydrogens is 383 g/mol. The summed E-state index contributed by atoms with van der Waals surface area (Å²) < 4.78 is 24.6. The molecule has 150 valence electrons. The molecule has 5 nitrogen and oxygen atoms in total. The highest BCUT2D eigenvalue weighted by atomic mass is 35.5. The summed E-state index contributed by atoms with van der Waals surface area (Å²) in [6, 6.07) is 9.94. The Labute approximate surface area is 169 Å². The highest BCUT2D eigenvalue weighted by molar-refractivity contribution is 6.31. The lowest BCUT2D eigenvalue weighted by Crippen LogP contribution is -2.40. The number of rotatable bonds is 6. The van der Waals surface area contributed by atoms with Crippen molar-refractivity contribution >= 4 is 23.2 Å². The number of carbonyl (C=O) groups excluding carboxylic acids is 1. The summed E-state index contributed by atoms with van der Waals surface area (Å²) in [6.45, 7) is 1.75. The van der Waals surface area contributed by atoms with Crippen LogP contribution >= 0.6 is 11.6 Å². The van der Waals surface area contributed by atoms with E-state index in [0.717, 1.165) is 19.4 Å². The molecule has 7 heteroatoms. The molecule has 0 spiro atoms. The molecule has 2 aromatic rings. The predicted octanol–water partition coefficient (Wildman–Crippen LogP) is 4.35. The first-order valence-electron chi connectivity index (χ1n) is 9.20. The van der Waals surface area contributed by atoms with Crippen molar-refractivity contribution in [2.45, 2.75) is 19.4 Å². The van der Waals surface area contributed by atoms with E-state index in [1.54, 1.807) is 44.6 Å². The zero-order chi connectivity index (χ0) is 20.1. The summed E-state index contributed by atoms with van der Waals surface area (Å²) in [5.74, 6) is 0.611. The summed E-state index contributed by atoms with van der Waals surface area (Å²) in [5.41, 5.74) is 1.07. The zero-order valence-electron chi connectivity index (χ0n) is 16.0. The first kappa shape index (κ1) is 20.4. The number of methoxy groups -OCH3 is 2. The number of likely N-dealkylation sites (tertiary alicyclic amines) is 1. The summed E-state index contributed by atoms with van der Waals surface area (Å²) >= 11 is 6.14. The molecule has 1 saturated heterocycles. The molecule has 3 rings (SSSR count). The van der Waals surface area contributed by atoms with Crippen LogP contribution in [0.3, 0.4) is 0 Å². The minimum Gasteiger partial charge on any atom is -0.497 e. The Morgan fingerprint density at radius 3 is 2.82 bits per heavy atom. The quantitative estimate of drug-likeness (QED) is 0.775. The van der Waals surface area contributed by atoms with Gasteiger partial charge in [-0.3, -0.25) is 9.69 Å². The van der Waals surface area contributed by atoms with E-state index in [4.69, 9.17) is 21.1 Å². The molecule has 0 saturated carbocycles. The molecule has 1 fully saturated rings. The molecule has 0 radical (unpaired) electrons. The number of carbonyl (C=O) groups is 1. The van der Waals surface area contributed by atoms with Crippen LogP contribution in [-0.2, 0) is 11.3 Å². The van der Waals surface area contributed by atoms with Crippen LogP contribution in [0.1, 0.15) is 18.4 Å². The largest absolute Gasteiger partial charge is 0.497 e. The maximum atomic E-state index is 14.1. The van der Waals surface area contributed by atoms with Crippen LogP contribution in [0, 0.1) is 11.7 Å². The second-order valence-electron chi connectivity index (χ2n) is 6.83. The molecule has 1 heterocycles. The van der Waals surface area contributed by atoms with E-state index < -0.39 is 0 Å². The van der Waals surface area contributed by atoms with E-state index in [-0.39, 0.29) is 17.6 Å². The Morgan fingerprint density at radius 1 is 1.29 bits per heavy atom. The van der Waals surface area contributed by atoms with Crippen LogP contribution in [0.2, 0.25) is 5.02 Å². The van der Waals surface area contributed by atoms with Gasteiger partial charge < -0.3 is 14.8 Å². The molecule has 1 amide bonds. The van der Waals surface area contributed by atoms with E-state index in [9.17, 15) is 9.18 Å². The number of benzene rings is 2. The minimum atomic E-state index is -0.318. The van der Waals surface area contributed by atoms with Gasteiger partial charge in [-0.1, -0.05) is 17.7 Å². The van der Waals surface area contributed by atoms with Gasteiger partial charge in [-0.15, -0.1) is 0 Å². The third-order valence-electron chi connectivity index (χ3n) is 4.99. The highest BCUT2D eigenvalue weighted by Gasteiger charge is 2.27. The number of amides is 1. The third kappa shape index (κ3) is 4.75. The van der Waals surface area contributed by atoms with E-state index in [2.05, 4.69) is 10.2 Å². The Hall–Kier alpha value is -2.31. The fourth-order valence-corrected chi connectivity index (χ4v) is 3.68. The molecule has 1 unspecified atom stereocenters.